The molecule has 2 atom stereocenters. The zero-order valence-corrected chi connectivity index (χ0v) is 14.8. The second-order valence-corrected chi connectivity index (χ2v) is 5.96. The number of nitrogens with zero attached hydrogens (tertiary/aromatic N) is 3. The Kier molecular flexibility index (Phi) is 5.80. The Hall–Kier alpha value is -2.51. The highest BCUT2D eigenvalue weighted by Gasteiger charge is 2.19. The Balaban J connectivity index is 1.64. The molecule has 0 spiro atoms. The fourth-order valence-electron chi connectivity index (χ4n) is 2.52. The van der Waals surface area contributed by atoms with Crippen molar-refractivity contribution in [2.45, 2.75) is 19.3 Å². The van der Waals surface area contributed by atoms with Crippen molar-refractivity contribution in [1.82, 2.24) is 14.5 Å². The number of alkyl halides is 1. The first-order valence-electron chi connectivity index (χ1n) is 8.00. The van der Waals surface area contributed by atoms with Gasteiger partial charge < -0.3 is 14.0 Å². The second-order valence-electron chi connectivity index (χ2n) is 5.60. The average molecular weight is 378 g/mol. The van der Waals surface area contributed by atoms with E-state index in [0.29, 0.717) is 21.7 Å². The van der Waals surface area contributed by atoms with Crippen LogP contribution >= 0.6 is 11.6 Å². The van der Waals surface area contributed by atoms with Crippen LogP contribution in [0.2, 0.25) is 5.15 Å². The van der Waals surface area contributed by atoms with E-state index < -0.39 is 25.0 Å². The number of fused-ring (bicyclic) bond motifs is 1. The number of aromatic nitrogens is 3. The topological polar surface area (TPSA) is 66.2 Å². The Bertz CT molecular complexity index is 888. The maximum Gasteiger partial charge on any atom is 0.338 e. The zero-order valence-electron chi connectivity index (χ0n) is 14.0. The highest BCUT2D eigenvalue weighted by Crippen LogP contribution is 2.24. The lowest BCUT2D eigenvalue weighted by Crippen LogP contribution is -2.27. The van der Waals surface area contributed by atoms with Crippen LogP contribution in [0.1, 0.15) is 23.5 Å². The molecule has 3 aromatic rings. The highest BCUT2D eigenvalue weighted by atomic mass is 35.5. The standard InChI is InChI=1S/C18H17ClFN3O3/c1-12(23-8-7-15-16(19)21-11-22-17(15)23)26-14(9-20)10-25-18(24)13-5-3-2-4-6-13/h2-8,11-12,14H,9-10H2,1H3/t12-,14+/m1/s1. The van der Waals surface area contributed by atoms with Crippen molar-refractivity contribution in [1.29, 1.82) is 0 Å². The van der Waals surface area contributed by atoms with Crippen LogP contribution < -0.4 is 0 Å². The number of carbonyl (C=O) groups is 1. The largest absolute Gasteiger partial charge is 0.459 e. The van der Waals surface area contributed by atoms with Crippen molar-refractivity contribution in [2.24, 2.45) is 0 Å². The SMILES string of the molecule is C[C@@H](O[C@@H](CF)COC(=O)c1ccccc1)n1ccc2c(Cl)ncnc21. The fraction of sp³-hybridized carbons (Fsp3) is 0.278. The van der Waals surface area contributed by atoms with Crippen LogP contribution in [0.15, 0.2) is 48.9 Å². The molecule has 0 aliphatic heterocycles. The van der Waals surface area contributed by atoms with Gasteiger partial charge in [0.25, 0.3) is 0 Å². The summed E-state index contributed by atoms with van der Waals surface area (Å²) in [6, 6.07) is 10.3. The van der Waals surface area contributed by atoms with E-state index in [4.69, 9.17) is 21.1 Å². The summed E-state index contributed by atoms with van der Waals surface area (Å²) in [6.07, 6.45) is 1.66. The van der Waals surface area contributed by atoms with Gasteiger partial charge in [-0.05, 0) is 25.1 Å². The van der Waals surface area contributed by atoms with Crippen LogP contribution in [0.3, 0.4) is 0 Å². The van der Waals surface area contributed by atoms with Gasteiger partial charge in [-0.25, -0.2) is 19.2 Å². The van der Waals surface area contributed by atoms with Crippen LogP contribution in [0, 0.1) is 0 Å². The van der Waals surface area contributed by atoms with Gasteiger partial charge in [-0.15, -0.1) is 0 Å². The molecule has 0 saturated heterocycles. The normalized spacial score (nSPS) is 13.5. The summed E-state index contributed by atoms with van der Waals surface area (Å²) in [7, 11) is 0. The number of rotatable bonds is 7. The molecule has 0 amide bonds. The highest BCUT2D eigenvalue weighted by molar-refractivity contribution is 6.33. The van der Waals surface area contributed by atoms with Crippen LogP contribution in [0.25, 0.3) is 11.0 Å². The van der Waals surface area contributed by atoms with Crippen LogP contribution in [-0.4, -0.2) is 39.9 Å². The van der Waals surface area contributed by atoms with E-state index in [9.17, 15) is 9.18 Å². The molecule has 0 bridgehead atoms. The molecule has 0 unspecified atom stereocenters. The quantitative estimate of drug-likeness (QED) is 0.462. The maximum atomic E-state index is 13.3. The van der Waals surface area contributed by atoms with E-state index in [1.165, 1.54) is 6.33 Å². The third-order valence-electron chi connectivity index (χ3n) is 3.82. The minimum Gasteiger partial charge on any atom is -0.459 e. The first-order valence-corrected chi connectivity index (χ1v) is 8.38. The second kappa shape index (κ2) is 8.25. The summed E-state index contributed by atoms with van der Waals surface area (Å²) in [5.41, 5.74) is 0.984. The zero-order chi connectivity index (χ0) is 18.5. The first-order chi connectivity index (χ1) is 12.6. The van der Waals surface area contributed by atoms with Gasteiger partial charge in [0.2, 0.25) is 0 Å². The molecule has 3 rings (SSSR count). The molecule has 0 aliphatic rings. The molecular weight excluding hydrogens is 361 g/mol. The smallest absolute Gasteiger partial charge is 0.338 e. The molecule has 2 heterocycles. The van der Waals surface area contributed by atoms with E-state index in [0.717, 1.165) is 0 Å². The molecule has 136 valence electrons. The van der Waals surface area contributed by atoms with Gasteiger partial charge in [0.1, 0.15) is 42.7 Å². The Morgan fingerprint density at radius 2 is 2.04 bits per heavy atom. The number of ether oxygens (including phenoxy) is 2. The predicted octanol–water partition coefficient (Wildman–Crippen LogP) is 3.81. The lowest BCUT2D eigenvalue weighted by molar-refractivity contribution is -0.0765. The van der Waals surface area contributed by atoms with Crippen molar-refractivity contribution in [3.05, 3.63) is 59.6 Å². The molecule has 1 aromatic carbocycles. The van der Waals surface area contributed by atoms with Crippen molar-refractivity contribution in [2.75, 3.05) is 13.3 Å². The van der Waals surface area contributed by atoms with E-state index in [1.807, 2.05) is 0 Å². The van der Waals surface area contributed by atoms with Gasteiger partial charge >= 0.3 is 5.97 Å². The van der Waals surface area contributed by atoms with E-state index in [1.54, 1.807) is 54.1 Å². The van der Waals surface area contributed by atoms with Crippen molar-refractivity contribution < 1.29 is 18.7 Å². The van der Waals surface area contributed by atoms with Crippen LogP contribution in [0.5, 0.6) is 0 Å². The number of carbonyl (C=O) groups excluding carboxylic acids is 1. The molecule has 0 aliphatic carbocycles. The third kappa shape index (κ3) is 4.00. The van der Waals surface area contributed by atoms with Gasteiger partial charge in [-0.2, -0.15) is 0 Å². The molecule has 0 radical (unpaired) electrons. The average Bonchev–Trinajstić information content (AvgIpc) is 3.11. The molecule has 2 aromatic heterocycles. The van der Waals surface area contributed by atoms with Crippen LogP contribution in [-0.2, 0) is 9.47 Å². The first kappa shape index (κ1) is 18.3. The Morgan fingerprint density at radius 1 is 1.27 bits per heavy atom. The Labute approximate surface area is 154 Å². The minimum atomic E-state index is -0.896. The number of hydrogen-bond donors (Lipinski definition) is 0. The fourth-order valence-corrected chi connectivity index (χ4v) is 2.72. The van der Waals surface area contributed by atoms with Gasteiger partial charge in [0.05, 0.1) is 10.9 Å². The minimum absolute atomic E-state index is 0.191. The summed E-state index contributed by atoms with van der Waals surface area (Å²) < 4.78 is 25.9. The molecule has 0 fully saturated rings. The van der Waals surface area contributed by atoms with Crippen molar-refractivity contribution >= 4 is 28.6 Å². The molecule has 26 heavy (non-hydrogen) atoms. The van der Waals surface area contributed by atoms with Crippen molar-refractivity contribution in [3.63, 3.8) is 0 Å². The third-order valence-corrected chi connectivity index (χ3v) is 4.12. The molecule has 0 saturated carbocycles. The summed E-state index contributed by atoms with van der Waals surface area (Å²) in [5, 5.41) is 1.01. The monoisotopic (exact) mass is 377 g/mol. The van der Waals surface area contributed by atoms with Crippen molar-refractivity contribution in [3.8, 4) is 0 Å². The number of esters is 1. The summed E-state index contributed by atoms with van der Waals surface area (Å²) in [4.78, 5) is 20.1. The summed E-state index contributed by atoms with van der Waals surface area (Å²) in [6.45, 7) is 0.766. The summed E-state index contributed by atoms with van der Waals surface area (Å²) >= 11 is 6.03. The number of halogens is 2. The number of benzene rings is 1. The van der Waals surface area contributed by atoms with Gasteiger partial charge in [0.15, 0.2) is 0 Å². The van der Waals surface area contributed by atoms with Crippen LogP contribution in [0.4, 0.5) is 4.39 Å². The summed E-state index contributed by atoms with van der Waals surface area (Å²) in [5.74, 6) is -0.522. The van der Waals surface area contributed by atoms with Gasteiger partial charge in [-0.3, -0.25) is 0 Å². The lowest BCUT2D eigenvalue weighted by atomic mass is 10.2. The van der Waals surface area contributed by atoms with E-state index in [2.05, 4.69) is 9.97 Å². The lowest BCUT2D eigenvalue weighted by Gasteiger charge is -2.21. The number of hydrogen-bond acceptors (Lipinski definition) is 5. The maximum absolute atomic E-state index is 13.3. The molecule has 8 heteroatoms. The Morgan fingerprint density at radius 3 is 2.77 bits per heavy atom. The van der Waals surface area contributed by atoms with E-state index in [-0.39, 0.29) is 6.61 Å². The molecular formula is C18H17ClFN3O3. The molecule has 0 N–H and O–H groups in total. The van der Waals surface area contributed by atoms with Gasteiger partial charge in [0, 0.05) is 6.20 Å². The van der Waals surface area contributed by atoms with E-state index >= 15 is 0 Å². The molecule has 6 nitrogen and oxygen atoms in total. The van der Waals surface area contributed by atoms with Gasteiger partial charge in [-0.1, -0.05) is 29.8 Å². The predicted molar refractivity (Wildman–Crippen MR) is 94.8 cm³/mol.